The molecule has 1 aromatic rings. The van der Waals surface area contributed by atoms with Crippen molar-refractivity contribution in [3.05, 3.63) is 37.5 Å². The van der Waals surface area contributed by atoms with Crippen molar-refractivity contribution >= 4 is 7.92 Å². The summed E-state index contributed by atoms with van der Waals surface area (Å²) in [6.45, 7) is 14.1. The number of aromatic nitrogens is 1. The summed E-state index contributed by atoms with van der Waals surface area (Å²) in [6.07, 6.45) is 3.03. The van der Waals surface area contributed by atoms with Gasteiger partial charge in [0, 0.05) is 25.2 Å². The Labute approximate surface area is 146 Å². The molecule has 1 rings (SSSR count). The van der Waals surface area contributed by atoms with Gasteiger partial charge in [0.25, 0.3) is 0 Å². The van der Waals surface area contributed by atoms with Crippen molar-refractivity contribution in [2.75, 3.05) is 7.11 Å². The fraction of sp³-hybridized carbons (Fsp3) is 0.625. The Morgan fingerprint density at radius 1 is 1.10 bits per heavy atom. The van der Waals surface area contributed by atoms with Gasteiger partial charge in [-0.1, -0.05) is 55.5 Å². The van der Waals surface area contributed by atoms with Crippen LogP contribution in [-0.2, 0) is 32.1 Å². The molecule has 0 amide bonds. The molecular formula is C16H30NO2PPt. The van der Waals surface area contributed by atoms with E-state index in [0.717, 1.165) is 13.3 Å². The van der Waals surface area contributed by atoms with Crippen LogP contribution >= 0.6 is 7.92 Å². The van der Waals surface area contributed by atoms with E-state index in [1.165, 1.54) is 5.69 Å². The molecule has 0 spiro atoms. The Morgan fingerprint density at radius 3 is 1.81 bits per heavy atom. The van der Waals surface area contributed by atoms with Crippen LogP contribution in [0.25, 0.3) is 0 Å². The van der Waals surface area contributed by atoms with Gasteiger partial charge in [0.1, 0.15) is 0 Å². The Hall–Kier alpha value is 0.188. The first-order chi connectivity index (χ1) is 8.62. The monoisotopic (exact) mass is 494 g/mol. The molecule has 0 radical (unpaired) electrons. The molecule has 126 valence electrons. The smallest absolute Gasteiger partial charge is 0.724 e. The molecule has 5 heteroatoms. The Balaban J connectivity index is -0.000000596. The summed E-state index contributed by atoms with van der Waals surface area (Å²) >= 11 is 0. The Kier molecular flexibility index (Phi) is 14.6. The van der Waals surface area contributed by atoms with E-state index in [-0.39, 0.29) is 36.4 Å². The summed E-state index contributed by atoms with van der Waals surface area (Å²) in [6, 6.07) is 6.22. The van der Waals surface area contributed by atoms with E-state index in [4.69, 9.17) is 5.26 Å². The zero-order valence-electron chi connectivity index (χ0n) is 14.5. The molecule has 21 heavy (non-hydrogen) atoms. The van der Waals surface area contributed by atoms with Crippen LogP contribution in [0.15, 0.2) is 24.4 Å². The average Bonchev–Trinajstić information content (AvgIpc) is 2.25. The summed E-state index contributed by atoms with van der Waals surface area (Å²) in [5.74, 6) is 0. The fourth-order valence-corrected chi connectivity index (χ4v) is 5.61. The molecule has 1 aromatic heterocycles. The van der Waals surface area contributed by atoms with Gasteiger partial charge < -0.3 is 17.6 Å². The number of hydrogen-bond acceptors (Lipinski definition) is 3. The maximum absolute atomic E-state index is 8.43. The van der Waals surface area contributed by atoms with Gasteiger partial charge in [0.05, 0.1) is 0 Å². The second-order valence-corrected chi connectivity index (χ2v) is 10.3. The SMILES string of the molecule is CC(C)(C)P(Cc1ccccn1)C(C)(C)C.CO[O-].[CH3-].[Pt+2]. The molecular weight excluding hydrogens is 464 g/mol. The Morgan fingerprint density at radius 2 is 1.52 bits per heavy atom. The molecule has 0 saturated carbocycles. The number of nitrogens with zero attached hydrogens (tertiary/aromatic N) is 1. The third kappa shape index (κ3) is 11.4. The molecule has 0 aromatic carbocycles. The van der Waals surface area contributed by atoms with Crippen LogP contribution in [0.5, 0.6) is 0 Å². The van der Waals surface area contributed by atoms with Gasteiger partial charge in [0.15, 0.2) is 0 Å². The predicted octanol–water partition coefficient (Wildman–Crippen LogP) is 4.02. The average molecular weight is 494 g/mol. The standard InChI is InChI=1S/C14H24NP.CH4O2.CH3.Pt/c1-13(2,3)16(14(4,5)6)11-12-9-7-8-10-15-12;1-3-2;;/h7-10H,11H2,1-6H3;2H,1H3;1H3;/q;;-1;+2/p-1. The van der Waals surface area contributed by atoms with Gasteiger partial charge in [-0.05, 0) is 22.4 Å². The quantitative estimate of drug-likeness (QED) is 0.270. The van der Waals surface area contributed by atoms with E-state index in [1.807, 2.05) is 12.3 Å². The largest absolute Gasteiger partial charge is 2.00 e. The van der Waals surface area contributed by atoms with Crippen LogP contribution in [0.3, 0.4) is 0 Å². The van der Waals surface area contributed by atoms with Crippen LogP contribution in [0.4, 0.5) is 0 Å². The summed E-state index contributed by atoms with van der Waals surface area (Å²) in [5.41, 5.74) is 1.23. The van der Waals surface area contributed by atoms with Gasteiger partial charge in [-0.2, -0.15) is 0 Å². The molecule has 0 saturated heterocycles. The molecule has 0 aliphatic rings. The predicted molar refractivity (Wildman–Crippen MR) is 87.8 cm³/mol. The van der Waals surface area contributed by atoms with Crippen molar-refractivity contribution in [2.24, 2.45) is 0 Å². The van der Waals surface area contributed by atoms with E-state index in [0.29, 0.717) is 10.3 Å². The van der Waals surface area contributed by atoms with Gasteiger partial charge >= 0.3 is 21.1 Å². The normalized spacial score (nSPS) is 10.9. The third-order valence-corrected chi connectivity index (χ3v) is 6.54. The van der Waals surface area contributed by atoms with Crippen LogP contribution in [-0.4, -0.2) is 22.4 Å². The second kappa shape index (κ2) is 11.7. The molecule has 0 atom stereocenters. The van der Waals surface area contributed by atoms with E-state index in [9.17, 15) is 0 Å². The van der Waals surface area contributed by atoms with Crippen molar-refractivity contribution in [1.82, 2.24) is 4.98 Å². The van der Waals surface area contributed by atoms with Gasteiger partial charge in [0.2, 0.25) is 0 Å². The molecule has 0 fully saturated rings. The van der Waals surface area contributed by atoms with Crippen LogP contribution in [0, 0.1) is 7.43 Å². The molecule has 3 nitrogen and oxygen atoms in total. The van der Waals surface area contributed by atoms with Crippen molar-refractivity contribution in [3.8, 4) is 0 Å². The van der Waals surface area contributed by atoms with Crippen molar-refractivity contribution in [1.29, 1.82) is 0 Å². The minimum Gasteiger partial charge on any atom is -0.724 e. The van der Waals surface area contributed by atoms with Gasteiger partial charge in [-0.15, -0.1) is 0 Å². The number of rotatable bonds is 2. The molecule has 0 aliphatic carbocycles. The van der Waals surface area contributed by atoms with Gasteiger partial charge in [-0.3, -0.25) is 4.98 Å². The van der Waals surface area contributed by atoms with Crippen LogP contribution < -0.4 is 5.26 Å². The minimum absolute atomic E-state index is 0. The first kappa shape index (κ1) is 26.1. The first-order valence-electron chi connectivity index (χ1n) is 6.46. The summed E-state index contributed by atoms with van der Waals surface area (Å²) in [7, 11) is 0.988. The molecule has 0 N–H and O–H groups in total. The van der Waals surface area contributed by atoms with Gasteiger partial charge in [-0.25, -0.2) is 0 Å². The Bertz CT molecular complexity index is 334. The van der Waals surface area contributed by atoms with Crippen LogP contribution in [0.1, 0.15) is 47.2 Å². The van der Waals surface area contributed by atoms with E-state index < -0.39 is 0 Å². The maximum Gasteiger partial charge on any atom is 2.00 e. The summed E-state index contributed by atoms with van der Waals surface area (Å²) in [4.78, 5) is 7.46. The molecule has 0 aliphatic heterocycles. The van der Waals surface area contributed by atoms with Crippen molar-refractivity contribution < 1.29 is 31.2 Å². The van der Waals surface area contributed by atoms with E-state index in [1.54, 1.807) is 0 Å². The maximum atomic E-state index is 8.43. The zero-order valence-corrected chi connectivity index (χ0v) is 17.7. The molecule has 1 heterocycles. The number of hydrogen-bond donors (Lipinski definition) is 0. The minimum atomic E-state index is -0.0815. The van der Waals surface area contributed by atoms with Crippen molar-refractivity contribution in [3.63, 3.8) is 0 Å². The third-order valence-electron chi connectivity index (χ3n) is 2.67. The van der Waals surface area contributed by atoms with E-state index in [2.05, 4.69) is 63.5 Å². The topological polar surface area (TPSA) is 45.2 Å². The molecule has 0 unspecified atom stereocenters. The number of pyridine rings is 1. The zero-order chi connectivity index (χ0) is 15.1. The summed E-state index contributed by atoms with van der Waals surface area (Å²) < 4.78 is 0. The van der Waals surface area contributed by atoms with Crippen molar-refractivity contribution in [2.45, 2.75) is 58.0 Å². The van der Waals surface area contributed by atoms with Crippen LogP contribution in [0.2, 0.25) is 0 Å². The van der Waals surface area contributed by atoms with E-state index >= 15 is 0 Å². The first-order valence-corrected chi connectivity index (χ1v) is 7.99. The second-order valence-electron chi connectivity index (χ2n) is 6.42. The summed E-state index contributed by atoms with van der Waals surface area (Å²) in [5, 5.41) is 9.19. The molecule has 0 bridgehead atoms. The fourth-order valence-electron chi connectivity index (χ4n) is 2.13.